The molecule has 0 spiro atoms. The standard InChI is InChI=1S/C12H22O/c1-4-6-8-9-11-13-12(3)10-7-5-2/h5,8-9,12H,2,4,6-7,10-11H2,1,3H3/b9-8+/t12-/m1/s1. The molecule has 0 rings (SSSR count). The topological polar surface area (TPSA) is 9.23 Å². The molecule has 0 aromatic heterocycles. The first-order valence-corrected chi connectivity index (χ1v) is 5.18. The van der Waals surface area contributed by atoms with E-state index in [9.17, 15) is 0 Å². The number of hydrogen-bond donors (Lipinski definition) is 0. The van der Waals surface area contributed by atoms with Crippen molar-refractivity contribution in [3.63, 3.8) is 0 Å². The molecule has 13 heavy (non-hydrogen) atoms. The molecule has 1 nitrogen and oxygen atoms in total. The number of allylic oxidation sites excluding steroid dienone is 2. The summed E-state index contributed by atoms with van der Waals surface area (Å²) >= 11 is 0. The van der Waals surface area contributed by atoms with Crippen molar-refractivity contribution in [3.05, 3.63) is 24.8 Å². The monoisotopic (exact) mass is 182 g/mol. The molecule has 1 heteroatoms. The second kappa shape index (κ2) is 9.53. The highest BCUT2D eigenvalue weighted by Crippen LogP contribution is 2.01. The van der Waals surface area contributed by atoms with Crippen LogP contribution in [-0.2, 0) is 4.74 Å². The van der Waals surface area contributed by atoms with Gasteiger partial charge in [-0.1, -0.05) is 31.6 Å². The molecule has 0 aromatic carbocycles. The van der Waals surface area contributed by atoms with Crippen molar-refractivity contribution in [2.24, 2.45) is 0 Å². The average Bonchev–Trinajstić information content (AvgIpc) is 2.14. The van der Waals surface area contributed by atoms with Crippen LogP contribution in [0.4, 0.5) is 0 Å². The molecule has 0 N–H and O–H groups in total. The fourth-order valence-corrected chi connectivity index (χ4v) is 1.01. The van der Waals surface area contributed by atoms with Crippen molar-refractivity contribution in [3.8, 4) is 0 Å². The Bertz CT molecular complexity index is 138. The Morgan fingerprint density at radius 2 is 2.08 bits per heavy atom. The molecule has 0 saturated heterocycles. The van der Waals surface area contributed by atoms with Crippen molar-refractivity contribution in [2.45, 2.75) is 45.6 Å². The van der Waals surface area contributed by atoms with Crippen molar-refractivity contribution < 1.29 is 4.74 Å². The Hall–Kier alpha value is -0.560. The van der Waals surface area contributed by atoms with Gasteiger partial charge >= 0.3 is 0 Å². The Labute approximate surface area is 82.5 Å². The molecule has 0 heterocycles. The minimum atomic E-state index is 0.351. The van der Waals surface area contributed by atoms with Crippen LogP contribution in [0.3, 0.4) is 0 Å². The van der Waals surface area contributed by atoms with Gasteiger partial charge in [0.15, 0.2) is 0 Å². The predicted molar refractivity (Wildman–Crippen MR) is 58.9 cm³/mol. The van der Waals surface area contributed by atoms with Gasteiger partial charge in [0.1, 0.15) is 0 Å². The molecule has 0 aliphatic rings. The second-order valence-electron chi connectivity index (χ2n) is 3.27. The van der Waals surface area contributed by atoms with E-state index in [4.69, 9.17) is 4.74 Å². The third kappa shape index (κ3) is 9.35. The van der Waals surface area contributed by atoms with Crippen LogP contribution in [-0.4, -0.2) is 12.7 Å². The van der Waals surface area contributed by atoms with Crippen molar-refractivity contribution in [2.75, 3.05) is 6.61 Å². The summed E-state index contributed by atoms with van der Waals surface area (Å²) in [4.78, 5) is 0. The minimum absolute atomic E-state index is 0.351. The summed E-state index contributed by atoms with van der Waals surface area (Å²) in [6.45, 7) is 8.72. The second-order valence-corrected chi connectivity index (χ2v) is 3.27. The van der Waals surface area contributed by atoms with E-state index in [1.54, 1.807) is 0 Å². The molecule has 0 fully saturated rings. The van der Waals surface area contributed by atoms with Crippen LogP contribution < -0.4 is 0 Å². The first kappa shape index (κ1) is 12.4. The summed E-state index contributed by atoms with van der Waals surface area (Å²) < 4.78 is 5.56. The van der Waals surface area contributed by atoms with Gasteiger partial charge in [-0.25, -0.2) is 0 Å². The highest BCUT2D eigenvalue weighted by atomic mass is 16.5. The smallest absolute Gasteiger partial charge is 0.0651 e. The maximum atomic E-state index is 5.56. The Morgan fingerprint density at radius 1 is 1.31 bits per heavy atom. The van der Waals surface area contributed by atoms with Crippen molar-refractivity contribution in [1.82, 2.24) is 0 Å². The third-order valence-electron chi connectivity index (χ3n) is 1.88. The normalized spacial score (nSPS) is 13.4. The number of unbranched alkanes of at least 4 members (excludes halogenated alkanes) is 1. The molecular formula is C12H22O. The maximum Gasteiger partial charge on any atom is 0.0651 e. The zero-order chi connectivity index (χ0) is 9.94. The van der Waals surface area contributed by atoms with E-state index in [0.29, 0.717) is 6.10 Å². The Morgan fingerprint density at radius 3 is 2.69 bits per heavy atom. The van der Waals surface area contributed by atoms with Gasteiger partial charge in [0, 0.05) is 0 Å². The van der Waals surface area contributed by atoms with Gasteiger partial charge in [0.2, 0.25) is 0 Å². The van der Waals surface area contributed by atoms with Gasteiger partial charge < -0.3 is 4.74 Å². The Kier molecular flexibility index (Phi) is 9.12. The van der Waals surface area contributed by atoms with Gasteiger partial charge in [-0.15, -0.1) is 6.58 Å². The van der Waals surface area contributed by atoms with Gasteiger partial charge in [-0.3, -0.25) is 0 Å². The largest absolute Gasteiger partial charge is 0.374 e. The minimum Gasteiger partial charge on any atom is -0.374 e. The molecule has 0 aromatic rings. The highest BCUT2D eigenvalue weighted by Gasteiger charge is 1.97. The van der Waals surface area contributed by atoms with E-state index < -0.39 is 0 Å². The van der Waals surface area contributed by atoms with Gasteiger partial charge in [-0.05, 0) is 26.2 Å². The van der Waals surface area contributed by atoms with Crippen LogP contribution in [0.5, 0.6) is 0 Å². The zero-order valence-electron chi connectivity index (χ0n) is 8.96. The third-order valence-corrected chi connectivity index (χ3v) is 1.88. The quantitative estimate of drug-likeness (QED) is 0.520. The number of rotatable bonds is 8. The van der Waals surface area contributed by atoms with Crippen LogP contribution in [0, 0.1) is 0 Å². The van der Waals surface area contributed by atoms with Crippen LogP contribution in [0.15, 0.2) is 24.8 Å². The molecular weight excluding hydrogens is 160 g/mol. The summed E-state index contributed by atoms with van der Waals surface area (Å²) in [6, 6.07) is 0. The molecule has 0 aliphatic carbocycles. The van der Waals surface area contributed by atoms with Gasteiger partial charge in [0.25, 0.3) is 0 Å². The lowest BCUT2D eigenvalue weighted by molar-refractivity contribution is 0.0826. The first-order chi connectivity index (χ1) is 6.31. The molecule has 0 bridgehead atoms. The van der Waals surface area contributed by atoms with E-state index in [1.165, 1.54) is 6.42 Å². The summed E-state index contributed by atoms with van der Waals surface area (Å²) in [6.07, 6.45) is 11.1. The van der Waals surface area contributed by atoms with Crippen molar-refractivity contribution >= 4 is 0 Å². The number of ether oxygens (including phenoxy) is 1. The highest BCUT2D eigenvalue weighted by molar-refractivity contribution is 4.81. The van der Waals surface area contributed by atoms with Crippen LogP contribution >= 0.6 is 0 Å². The fraction of sp³-hybridized carbons (Fsp3) is 0.667. The predicted octanol–water partition coefficient (Wildman–Crippen LogP) is 3.71. The maximum absolute atomic E-state index is 5.56. The van der Waals surface area contributed by atoms with Crippen LogP contribution in [0.25, 0.3) is 0 Å². The average molecular weight is 182 g/mol. The Balaban J connectivity index is 3.25. The van der Waals surface area contributed by atoms with E-state index in [-0.39, 0.29) is 0 Å². The molecule has 76 valence electrons. The van der Waals surface area contributed by atoms with E-state index in [2.05, 4.69) is 32.6 Å². The molecule has 0 radical (unpaired) electrons. The molecule has 0 unspecified atom stereocenters. The van der Waals surface area contributed by atoms with Crippen LogP contribution in [0.1, 0.15) is 39.5 Å². The first-order valence-electron chi connectivity index (χ1n) is 5.18. The van der Waals surface area contributed by atoms with Crippen LogP contribution in [0.2, 0.25) is 0 Å². The molecule has 0 saturated carbocycles. The fourth-order valence-electron chi connectivity index (χ4n) is 1.01. The molecule has 1 atom stereocenters. The lowest BCUT2D eigenvalue weighted by atomic mass is 10.2. The summed E-state index contributed by atoms with van der Waals surface area (Å²) in [7, 11) is 0. The van der Waals surface area contributed by atoms with Crippen molar-refractivity contribution in [1.29, 1.82) is 0 Å². The van der Waals surface area contributed by atoms with E-state index in [0.717, 1.165) is 25.9 Å². The lowest BCUT2D eigenvalue weighted by Gasteiger charge is -2.09. The molecule has 0 amide bonds. The van der Waals surface area contributed by atoms with E-state index >= 15 is 0 Å². The summed E-state index contributed by atoms with van der Waals surface area (Å²) in [5, 5.41) is 0. The van der Waals surface area contributed by atoms with Gasteiger partial charge in [0.05, 0.1) is 12.7 Å². The number of hydrogen-bond acceptors (Lipinski definition) is 1. The summed E-state index contributed by atoms with van der Waals surface area (Å²) in [5.41, 5.74) is 0. The molecule has 0 aliphatic heterocycles. The van der Waals surface area contributed by atoms with E-state index in [1.807, 2.05) is 6.08 Å². The summed E-state index contributed by atoms with van der Waals surface area (Å²) in [5.74, 6) is 0. The van der Waals surface area contributed by atoms with Gasteiger partial charge in [-0.2, -0.15) is 0 Å². The SMILES string of the molecule is C=CCC[C@@H](C)OC/C=C/CCC. The lowest BCUT2D eigenvalue weighted by Crippen LogP contribution is -2.07. The zero-order valence-corrected chi connectivity index (χ0v) is 8.96.